The number of nitrogens with zero attached hydrogens (tertiary/aromatic N) is 1. The summed E-state index contributed by atoms with van der Waals surface area (Å²) in [4.78, 5) is 28.3. The van der Waals surface area contributed by atoms with Gasteiger partial charge < -0.3 is 10.6 Å². The number of thiazole rings is 1. The molecular formula is C19H16ClN3O2S. The van der Waals surface area contributed by atoms with Crippen molar-refractivity contribution in [2.45, 2.75) is 13.8 Å². The van der Waals surface area contributed by atoms with Gasteiger partial charge in [0.05, 0.1) is 11.4 Å². The Kier molecular flexibility index (Phi) is 5.35. The lowest BCUT2D eigenvalue weighted by Crippen LogP contribution is -2.15. The topological polar surface area (TPSA) is 71.1 Å². The van der Waals surface area contributed by atoms with Crippen LogP contribution in [0.5, 0.6) is 0 Å². The third-order valence-corrected chi connectivity index (χ3v) is 4.67. The van der Waals surface area contributed by atoms with Crippen molar-refractivity contribution in [3.8, 4) is 10.6 Å². The zero-order valence-corrected chi connectivity index (χ0v) is 15.7. The highest BCUT2D eigenvalue weighted by Crippen LogP contribution is 2.27. The van der Waals surface area contributed by atoms with Crippen LogP contribution >= 0.6 is 22.9 Å². The summed E-state index contributed by atoms with van der Waals surface area (Å²) in [6.45, 7) is 3.33. The fraction of sp³-hybridized carbons (Fsp3) is 0.105. The summed E-state index contributed by atoms with van der Waals surface area (Å²) >= 11 is 7.38. The molecule has 1 heterocycles. The first-order chi connectivity index (χ1) is 12.4. The minimum Gasteiger partial charge on any atom is -0.325 e. The Morgan fingerprint density at radius 2 is 1.88 bits per heavy atom. The van der Waals surface area contributed by atoms with Crippen LogP contribution in [0.25, 0.3) is 10.6 Å². The molecule has 0 aliphatic carbocycles. The molecule has 0 saturated heterocycles. The number of carbonyl (C=O) groups is 2. The second-order valence-corrected chi connectivity index (χ2v) is 7.03. The molecular weight excluding hydrogens is 370 g/mol. The van der Waals surface area contributed by atoms with Crippen molar-refractivity contribution in [3.63, 3.8) is 0 Å². The van der Waals surface area contributed by atoms with E-state index in [0.29, 0.717) is 27.1 Å². The Bertz CT molecular complexity index is 984. The summed E-state index contributed by atoms with van der Waals surface area (Å²) in [5, 5.41) is 8.54. The summed E-state index contributed by atoms with van der Waals surface area (Å²) in [6.07, 6.45) is 0. The van der Waals surface area contributed by atoms with E-state index in [0.717, 1.165) is 11.1 Å². The third-order valence-electron chi connectivity index (χ3n) is 3.54. The number of hydrogen-bond acceptors (Lipinski definition) is 4. The molecule has 0 saturated carbocycles. The SMILES string of the molecule is CC(=O)Nc1ccc(C)cc1NC(=O)c1csc(-c2cccc(Cl)c2)n1. The number of carbonyl (C=O) groups excluding carboxylic acids is 2. The first-order valence-corrected chi connectivity index (χ1v) is 9.09. The molecule has 3 rings (SSSR count). The van der Waals surface area contributed by atoms with Crippen molar-refractivity contribution in [3.05, 3.63) is 64.1 Å². The second-order valence-electron chi connectivity index (χ2n) is 5.73. The lowest BCUT2D eigenvalue weighted by Gasteiger charge is -2.11. The molecule has 2 aromatic carbocycles. The summed E-state index contributed by atoms with van der Waals surface area (Å²) in [7, 11) is 0. The molecule has 0 fully saturated rings. The molecule has 2 amide bonds. The van der Waals surface area contributed by atoms with Gasteiger partial charge in [0.1, 0.15) is 10.7 Å². The van der Waals surface area contributed by atoms with E-state index in [1.807, 2.05) is 25.1 Å². The Morgan fingerprint density at radius 3 is 2.62 bits per heavy atom. The van der Waals surface area contributed by atoms with Crippen molar-refractivity contribution in [1.29, 1.82) is 0 Å². The van der Waals surface area contributed by atoms with Crippen LogP contribution in [0.4, 0.5) is 11.4 Å². The number of nitrogens with one attached hydrogen (secondary N) is 2. The van der Waals surface area contributed by atoms with Crippen molar-refractivity contribution in [2.75, 3.05) is 10.6 Å². The van der Waals surface area contributed by atoms with Crippen LogP contribution in [0.2, 0.25) is 5.02 Å². The smallest absolute Gasteiger partial charge is 0.275 e. The molecule has 0 aliphatic heterocycles. The maximum Gasteiger partial charge on any atom is 0.275 e. The molecule has 7 heteroatoms. The monoisotopic (exact) mass is 385 g/mol. The normalized spacial score (nSPS) is 10.4. The zero-order chi connectivity index (χ0) is 18.7. The molecule has 0 radical (unpaired) electrons. The van der Waals surface area contributed by atoms with E-state index >= 15 is 0 Å². The van der Waals surface area contributed by atoms with Crippen LogP contribution in [0.1, 0.15) is 23.0 Å². The minimum absolute atomic E-state index is 0.207. The Hall–Kier alpha value is -2.70. The van der Waals surface area contributed by atoms with E-state index in [1.165, 1.54) is 18.3 Å². The first-order valence-electron chi connectivity index (χ1n) is 7.83. The summed E-state index contributed by atoms with van der Waals surface area (Å²) in [5.74, 6) is -0.548. The van der Waals surface area contributed by atoms with Gasteiger partial charge in [-0.1, -0.05) is 29.8 Å². The predicted octanol–water partition coefficient (Wildman–Crippen LogP) is 4.98. The van der Waals surface area contributed by atoms with Gasteiger partial charge in [-0.05, 0) is 36.8 Å². The number of amides is 2. The Balaban J connectivity index is 1.83. The number of aryl methyl sites for hydroxylation is 1. The first kappa shape index (κ1) is 18.1. The van der Waals surface area contributed by atoms with Crippen LogP contribution in [-0.2, 0) is 4.79 Å². The lowest BCUT2D eigenvalue weighted by atomic mass is 10.2. The van der Waals surface area contributed by atoms with Gasteiger partial charge in [-0.2, -0.15) is 0 Å². The maximum atomic E-state index is 12.6. The average molecular weight is 386 g/mol. The Labute approximate surface area is 160 Å². The maximum absolute atomic E-state index is 12.6. The van der Waals surface area contributed by atoms with E-state index in [-0.39, 0.29) is 11.8 Å². The van der Waals surface area contributed by atoms with Crippen LogP contribution in [0.15, 0.2) is 47.8 Å². The zero-order valence-electron chi connectivity index (χ0n) is 14.2. The van der Waals surface area contributed by atoms with Crippen molar-refractivity contribution >= 4 is 46.1 Å². The quantitative estimate of drug-likeness (QED) is 0.665. The summed E-state index contributed by atoms with van der Waals surface area (Å²) in [6, 6.07) is 12.7. The summed E-state index contributed by atoms with van der Waals surface area (Å²) < 4.78 is 0. The van der Waals surface area contributed by atoms with E-state index in [9.17, 15) is 9.59 Å². The fourth-order valence-electron chi connectivity index (χ4n) is 2.38. The molecule has 0 atom stereocenters. The van der Waals surface area contributed by atoms with Crippen LogP contribution in [-0.4, -0.2) is 16.8 Å². The van der Waals surface area contributed by atoms with Crippen LogP contribution in [0.3, 0.4) is 0 Å². The third kappa shape index (κ3) is 4.28. The van der Waals surface area contributed by atoms with Gasteiger partial charge in [0.2, 0.25) is 5.91 Å². The molecule has 26 heavy (non-hydrogen) atoms. The van der Waals surface area contributed by atoms with E-state index in [2.05, 4.69) is 15.6 Å². The van der Waals surface area contributed by atoms with Gasteiger partial charge >= 0.3 is 0 Å². The van der Waals surface area contributed by atoms with Crippen molar-refractivity contribution in [2.24, 2.45) is 0 Å². The number of hydrogen-bond donors (Lipinski definition) is 2. The molecule has 0 bridgehead atoms. The molecule has 132 valence electrons. The molecule has 5 nitrogen and oxygen atoms in total. The van der Waals surface area contributed by atoms with Gasteiger partial charge in [-0.15, -0.1) is 11.3 Å². The second kappa shape index (κ2) is 7.68. The molecule has 3 aromatic rings. The molecule has 0 aliphatic rings. The fourth-order valence-corrected chi connectivity index (χ4v) is 3.37. The van der Waals surface area contributed by atoms with Crippen molar-refractivity contribution < 1.29 is 9.59 Å². The highest BCUT2D eigenvalue weighted by Gasteiger charge is 2.14. The van der Waals surface area contributed by atoms with Gasteiger partial charge in [0, 0.05) is 22.9 Å². The largest absolute Gasteiger partial charge is 0.325 e. The Morgan fingerprint density at radius 1 is 1.08 bits per heavy atom. The van der Waals surface area contributed by atoms with Crippen LogP contribution < -0.4 is 10.6 Å². The van der Waals surface area contributed by atoms with E-state index < -0.39 is 0 Å². The number of anilines is 2. The van der Waals surface area contributed by atoms with Gasteiger partial charge in [-0.25, -0.2) is 4.98 Å². The van der Waals surface area contributed by atoms with Gasteiger partial charge in [-0.3, -0.25) is 9.59 Å². The lowest BCUT2D eigenvalue weighted by molar-refractivity contribution is -0.114. The number of rotatable bonds is 4. The molecule has 1 aromatic heterocycles. The molecule has 0 unspecified atom stereocenters. The predicted molar refractivity (Wildman–Crippen MR) is 106 cm³/mol. The van der Waals surface area contributed by atoms with Crippen LogP contribution in [0, 0.1) is 6.92 Å². The molecule has 2 N–H and O–H groups in total. The minimum atomic E-state index is -0.341. The average Bonchev–Trinajstić information content (AvgIpc) is 3.07. The van der Waals surface area contributed by atoms with Crippen molar-refractivity contribution in [1.82, 2.24) is 4.98 Å². The summed E-state index contributed by atoms with van der Waals surface area (Å²) in [5.41, 5.74) is 3.20. The standard InChI is InChI=1S/C19H16ClN3O2S/c1-11-6-7-15(21-12(2)24)16(8-11)22-18(25)17-10-26-19(23-17)13-4-3-5-14(20)9-13/h3-10H,1-2H3,(H,21,24)(H,22,25). The van der Waals surface area contributed by atoms with Gasteiger partial charge in [0.25, 0.3) is 5.91 Å². The number of aromatic nitrogens is 1. The highest BCUT2D eigenvalue weighted by molar-refractivity contribution is 7.13. The van der Waals surface area contributed by atoms with Gasteiger partial charge in [0.15, 0.2) is 0 Å². The number of benzene rings is 2. The van der Waals surface area contributed by atoms with E-state index in [4.69, 9.17) is 11.6 Å². The number of halogens is 1. The van der Waals surface area contributed by atoms with E-state index in [1.54, 1.807) is 29.6 Å². The highest BCUT2D eigenvalue weighted by atomic mass is 35.5. The molecule has 0 spiro atoms.